The van der Waals surface area contributed by atoms with Crippen molar-refractivity contribution in [3.8, 4) is 0 Å². The van der Waals surface area contributed by atoms with Crippen LogP contribution < -0.4 is 5.48 Å². The van der Waals surface area contributed by atoms with Gasteiger partial charge >= 0.3 is 0 Å². The fourth-order valence-corrected chi connectivity index (χ4v) is 1.03. The number of nitrogens with one attached hydrogen (secondary N) is 1. The largest absolute Gasteiger partial charge is 0.316 e. The Hall–Kier alpha value is -0.900. The number of carbonyl (C=O) groups excluding carboxylic acids is 1. The first-order chi connectivity index (χ1) is 5.74. The minimum absolute atomic E-state index is 0.0969. The smallest absolute Gasteiger partial charge is 0.179 e. The lowest BCUT2D eigenvalue weighted by Gasteiger charge is -1.98. The van der Waals surface area contributed by atoms with Crippen molar-refractivity contribution in [1.82, 2.24) is 5.48 Å². The summed E-state index contributed by atoms with van der Waals surface area (Å²) in [6.07, 6.45) is 0. The van der Waals surface area contributed by atoms with Gasteiger partial charge in [-0.05, 0) is 12.1 Å². The highest BCUT2D eigenvalue weighted by Gasteiger charge is 2.03. The molecule has 0 saturated heterocycles. The number of ketones is 1. The number of hydroxylamine groups is 1. The van der Waals surface area contributed by atoms with Gasteiger partial charge in [0, 0.05) is 10.6 Å². The second kappa shape index (κ2) is 4.21. The number of rotatable bonds is 3. The molecule has 0 atom stereocenters. The van der Waals surface area contributed by atoms with Crippen LogP contribution >= 0.6 is 11.6 Å². The van der Waals surface area contributed by atoms with E-state index < -0.39 is 0 Å². The third-order valence-corrected chi connectivity index (χ3v) is 1.62. The van der Waals surface area contributed by atoms with Crippen molar-refractivity contribution < 1.29 is 10.0 Å². The lowest BCUT2D eigenvalue weighted by atomic mass is 10.1. The van der Waals surface area contributed by atoms with Crippen molar-refractivity contribution >= 4 is 17.4 Å². The van der Waals surface area contributed by atoms with E-state index in [1.807, 2.05) is 0 Å². The van der Waals surface area contributed by atoms with E-state index in [9.17, 15) is 4.79 Å². The molecule has 0 radical (unpaired) electrons. The van der Waals surface area contributed by atoms with Gasteiger partial charge in [-0.25, -0.2) is 0 Å². The Kier molecular flexibility index (Phi) is 3.22. The number of Topliss-reactive ketones (excluding diaryl/α,β-unsaturated/α-hetero) is 1. The van der Waals surface area contributed by atoms with Gasteiger partial charge in [-0.3, -0.25) is 4.79 Å². The molecular formula is C8H8ClNO2. The van der Waals surface area contributed by atoms with E-state index >= 15 is 0 Å². The van der Waals surface area contributed by atoms with Crippen molar-refractivity contribution in [1.29, 1.82) is 0 Å². The van der Waals surface area contributed by atoms with E-state index in [1.54, 1.807) is 29.7 Å². The standard InChI is InChI=1S/C8H8ClNO2/c9-7-3-1-2-6(4-7)8(11)5-10-12/h1-4,10,12H,5H2. The van der Waals surface area contributed by atoms with E-state index in [-0.39, 0.29) is 12.3 Å². The summed E-state index contributed by atoms with van der Waals surface area (Å²) < 4.78 is 0. The minimum Gasteiger partial charge on any atom is -0.316 e. The Morgan fingerprint density at radius 2 is 2.33 bits per heavy atom. The predicted molar refractivity (Wildman–Crippen MR) is 45.6 cm³/mol. The summed E-state index contributed by atoms with van der Waals surface area (Å²) in [6, 6.07) is 6.57. The second-order valence-corrected chi connectivity index (χ2v) is 2.70. The molecule has 0 aliphatic rings. The van der Waals surface area contributed by atoms with Crippen LogP contribution in [0.4, 0.5) is 0 Å². The van der Waals surface area contributed by atoms with Crippen molar-refractivity contribution in [3.05, 3.63) is 34.9 Å². The molecule has 12 heavy (non-hydrogen) atoms. The molecule has 0 heterocycles. The first-order valence-corrected chi connectivity index (χ1v) is 3.77. The number of hydrogen-bond acceptors (Lipinski definition) is 3. The Bertz CT molecular complexity index is 288. The van der Waals surface area contributed by atoms with Crippen LogP contribution in [-0.4, -0.2) is 17.5 Å². The molecule has 0 bridgehead atoms. The summed E-state index contributed by atoms with van der Waals surface area (Å²) in [4.78, 5) is 11.1. The Balaban J connectivity index is 2.81. The lowest BCUT2D eigenvalue weighted by molar-refractivity contribution is 0.0903. The maximum atomic E-state index is 11.1. The third-order valence-electron chi connectivity index (χ3n) is 1.39. The van der Waals surface area contributed by atoms with Gasteiger partial charge in [0.1, 0.15) is 0 Å². The molecule has 0 aliphatic carbocycles. The average Bonchev–Trinajstić information content (AvgIpc) is 2.05. The molecule has 0 unspecified atom stereocenters. The highest BCUT2D eigenvalue weighted by Crippen LogP contribution is 2.10. The molecule has 4 heteroatoms. The van der Waals surface area contributed by atoms with Crippen LogP contribution in [0.1, 0.15) is 10.4 Å². The first-order valence-electron chi connectivity index (χ1n) is 3.40. The van der Waals surface area contributed by atoms with Gasteiger partial charge in [0.15, 0.2) is 5.78 Å². The van der Waals surface area contributed by atoms with Crippen LogP contribution in [0.25, 0.3) is 0 Å². The summed E-state index contributed by atoms with van der Waals surface area (Å²) in [5, 5.41) is 8.78. The number of hydrogen-bond donors (Lipinski definition) is 2. The van der Waals surface area contributed by atoms with Crippen molar-refractivity contribution in [2.24, 2.45) is 0 Å². The Labute approximate surface area is 74.9 Å². The molecule has 0 aliphatic heterocycles. The van der Waals surface area contributed by atoms with Gasteiger partial charge < -0.3 is 5.21 Å². The molecule has 64 valence electrons. The quantitative estimate of drug-likeness (QED) is 0.554. The fourth-order valence-electron chi connectivity index (χ4n) is 0.836. The van der Waals surface area contributed by atoms with E-state index in [4.69, 9.17) is 16.8 Å². The molecule has 1 aromatic carbocycles. The van der Waals surface area contributed by atoms with Gasteiger partial charge in [0.2, 0.25) is 0 Å². The van der Waals surface area contributed by atoms with Crippen LogP contribution in [-0.2, 0) is 0 Å². The fraction of sp³-hybridized carbons (Fsp3) is 0.125. The molecule has 1 rings (SSSR count). The second-order valence-electron chi connectivity index (χ2n) is 2.27. The number of carbonyl (C=O) groups is 1. The summed E-state index contributed by atoms with van der Waals surface area (Å²) in [5.41, 5.74) is 2.28. The van der Waals surface area contributed by atoms with Crippen molar-refractivity contribution in [3.63, 3.8) is 0 Å². The molecule has 0 amide bonds. The minimum atomic E-state index is -0.194. The van der Waals surface area contributed by atoms with Crippen LogP contribution in [0.2, 0.25) is 5.02 Å². The van der Waals surface area contributed by atoms with Gasteiger partial charge in [0.05, 0.1) is 6.54 Å². The van der Waals surface area contributed by atoms with E-state index in [2.05, 4.69) is 0 Å². The van der Waals surface area contributed by atoms with Gasteiger partial charge in [-0.1, -0.05) is 23.7 Å². The molecule has 3 nitrogen and oxygen atoms in total. The molecule has 0 spiro atoms. The number of benzene rings is 1. The highest BCUT2D eigenvalue weighted by molar-refractivity contribution is 6.31. The molecular weight excluding hydrogens is 178 g/mol. The zero-order valence-corrected chi connectivity index (χ0v) is 7.01. The predicted octanol–water partition coefficient (Wildman–Crippen LogP) is 1.50. The third kappa shape index (κ3) is 2.30. The van der Waals surface area contributed by atoms with E-state index in [1.165, 1.54) is 0 Å². The molecule has 0 fully saturated rings. The molecule has 0 aromatic heterocycles. The monoisotopic (exact) mass is 185 g/mol. The Morgan fingerprint density at radius 3 is 2.92 bits per heavy atom. The number of halogens is 1. The molecule has 1 aromatic rings. The average molecular weight is 186 g/mol. The summed E-state index contributed by atoms with van der Waals surface area (Å²) in [7, 11) is 0. The molecule has 2 N–H and O–H groups in total. The van der Waals surface area contributed by atoms with Gasteiger partial charge in [-0.2, -0.15) is 5.48 Å². The summed E-state index contributed by atoms with van der Waals surface area (Å²) >= 11 is 5.65. The topological polar surface area (TPSA) is 49.3 Å². The van der Waals surface area contributed by atoms with E-state index in [0.717, 1.165) is 0 Å². The SMILES string of the molecule is O=C(CNO)c1cccc(Cl)c1. The highest BCUT2D eigenvalue weighted by atomic mass is 35.5. The van der Waals surface area contributed by atoms with Gasteiger partial charge in [0.25, 0.3) is 0 Å². The Morgan fingerprint density at radius 1 is 1.58 bits per heavy atom. The lowest BCUT2D eigenvalue weighted by Crippen LogP contribution is -2.18. The zero-order chi connectivity index (χ0) is 8.97. The first kappa shape index (κ1) is 9.19. The molecule has 0 saturated carbocycles. The van der Waals surface area contributed by atoms with Crippen molar-refractivity contribution in [2.75, 3.05) is 6.54 Å². The normalized spacial score (nSPS) is 9.83. The van der Waals surface area contributed by atoms with Crippen LogP contribution in [0, 0.1) is 0 Å². The summed E-state index contributed by atoms with van der Waals surface area (Å²) in [5.74, 6) is -0.194. The maximum absolute atomic E-state index is 11.1. The maximum Gasteiger partial charge on any atom is 0.179 e. The zero-order valence-electron chi connectivity index (χ0n) is 6.25. The van der Waals surface area contributed by atoms with E-state index in [0.29, 0.717) is 10.6 Å². The van der Waals surface area contributed by atoms with Crippen LogP contribution in [0.5, 0.6) is 0 Å². The van der Waals surface area contributed by atoms with Crippen LogP contribution in [0.3, 0.4) is 0 Å². The summed E-state index contributed by atoms with van der Waals surface area (Å²) in [6.45, 7) is -0.0969. The van der Waals surface area contributed by atoms with Crippen molar-refractivity contribution in [2.45, 2.75) is 0 Å². The van der Waals surface area contributed by atoms with Crippen LogP contribution in [0.15, 0.2) is 24.3 Å². The van der Waals surface area contributed by atoms with Gasteiger partial charge in [-0.15, -0.1) is 0 Å².